The first-order valence-corrected chi connectivity index (χ1v) is 7.56. The minimum absolute atomic E-state index is 0.0158. The maximum absolute atomic E-state index is 12.5. The van der Waals surface area contributed by atoms with E-state index in [0.717, 1.165) is 30.5 Å². The third-order valence-electron chi connectivity index (χ3n) is 4.50. The van der Waals surface area contributed by atoms with Gasteiger partial charge < -0.3 is 11.1 Å². The van der Waals surface area contributed by atoms with Crippen molar-refractivity contribution >= 4 is 11.6 Å². The maximum atomic E-state index is 12.5. The number of rotatable bonds is 3. The summed E-state index contributed by atoms with van der Waals surface area (Å²) in [5, 5.41) is 3.07. The molecule has 2 rings (SSSR count). The Hall–Kier alpha value is -1.35. The number of hydrogen-bond acceptors (Lipinski definition) is 2. The Morgan fingerprint density at radius 2 is 2.15 bits per heavy atom. The monoisotopic (exact) mass is 274 g/mol. The first kappa shape index (κ1) is 15.0. The van der Waals surface area contributed by atoms with Gasteiger partial charge in [-0.2, -0.15) is 0 Å². The molecule has 3 nitrogen and oxygen atoms in total. The van der Waals surface area contributed by atoms with Gasteiger partial charge in [-0.3, -0.25) is 4.79 Å². The highest BCUT2D eigenvalue weighted by atomic mass is 16.1. The molecule has 0 heterocycles. The molecule has 1 aliphatic rings. The van der Waals surface area contributed by atoms with Crippen LogP contribution in [0, 0.1) is 11.3 Å². The SMILES string of the molecule is CC(N)c1cccc(NC(=O)C2CCCCC2(C)C)c1. The normalized spacial score (nSPS) is 23.1. The van der Waals surface area contributed by atoms with E-state index in [0.29, 0.717) is 0 Å². The Bertz CT molecular complexity index is 480. The molecular weight excluding hydrogens is 248 g/mol. The minimum Gasteiger partial charge on any atom is -0.326 e. The Balaban J connectivity index is 2.09. The highest BCUT2D eigenvalue weighted by Crippen LogP contribution is 2.41. The largest absolute Gasteiger partial charge is 0.326 e. The lowest BCUT2D eigenvalue weighted by atomic mass is 9.68. The Morgan fingerprint density at radius 1 is 1.40 bits per heavy atom. The molecule has 2 unspecified atom stereocenters. The molecule has 0 saturated heterocycles. The number of carbonyl (C=O) groups is 1. The lowest BCUT2D eigenvalue weighted by Gasteiger charge is -2.37. The van der Waals surface area contributed by atoms with Crippen LogP contribution in [0.5, 0.6) is 0 Å². The quantitative estimate of drug-likeness (QED) is 0.879. The molecule has 2 atom stereocenters. The Morgan fingerprint density at radius 3 is 2.80 bits per heavy atom. The first-order valence-electron chi connectivity index (χ1n) is 7.56. The molecule has 0 aliphatic heterocycles. The summed E-state index contributed by atoms with van der Waals surface area (Å²) in [5.74, 6) is 0.256. The van der Waals surface area contributed by atoms with Crippen molar-refractivity contribution in [2.75, 3.05) is 5.32 Å². The molecule has 1 aliphatic carbocycles. The summed E-state index contributed by atoms with van der Waals surface area (Å²) in [4.78, 5) is 12.5. The third kappa shape index (κ3) is 3.40. The van der Waals surface area contributed by atoms with E-state index in [2.05, 4.69) is 19.2 Å². The number of carbonyl (C=O) groups excluding carboxylic acids is 1. The van der Waals surface area contributed by atoms with E-state index in [1.807, 2.05) is 31.2 Å². The van der Waals surface area contributed by atoms with Gasteiger partial charge in [-0.15, -0.1) is 0 Å². The first-order chi connectivity index (χ1) is 9.40. The second-order valence-corrected chi connectivity index (χ2v) is 6.69. The number of amides is 1. The number of hydrogen-bond donors (Lipinski definition) is 2. The van der Waals surface area contributed by atoms with Crippen molar-refractivity contribution < 1.29 is 4.79 Å². The van der Waals surface area contributed by atoms with Crippen molar-refractivity contribution in [3.05, 3.63) is 29.8 Å². The molecule has 0 radical (unpaired) electrons. The number of nitrogens with two attached hydrogens (primary N) is 1. The van der Waals surface area contributed by atoms with Crippen molar-refractivity contribution in [1.29, 1.82) is 0 Å². The molecule has 1 aromatic carbocycles. The maximum Gasteiger partial charge on any atom is 0.228 e. The minimum atomic E-state index is -0.0158. The van der Waals surface area contributed by atoms with Crippen LogP contribution in [0.25, 0.3) is 0 Å². The Kier molecular flexibility index (Phi) is 4.48. The average Bonchev–Trinajstić information content (AvgIpc) is 2.38. The zero-order valence-electron chi connectivity index (χ0n) is 12.8. The van der Waals surface area contributed by atoms with Crippen LogP contribution in [0.2, 0.25) is 0 Å². The summed E-state index contributed by atoms with van der Waals surface area (Å²) < 4.78 is 0. The fourth-order valence-electron chi connectivity index (χ4n) is 3.11. The van der Waals surface area contributed by atoms with E-state index in [9.17, 15) is 4.79 Å². The molecule has 3 N–H and O–H groups in total. The molecule has 1 aromatic rings. The number of nitrogens with one attached hydrogen (secondary N) is 1. The Labute approximate surface area is 121 Å². The van der Waals surface area contributed by atoms with Gasteiger partial charge in [0.15, 0.2) is 0 Å². The van der Waals surface area contributed by atoms with E-state index in [1.54, 1.807) is 0 Å². The second-order valence-electron chi connectivity index (χ2n) is 6.69. The molecule has 1 amide bonds. The molecule has 110 valence electrons. The summed E-state index contributed by atoms with van der Waals surface area (Å²) >= 11 is 0. The molecule has 20 heavy (non-hydrogen) atoms. The predicted octanol–water partition coefficient (Wildman–Crippen LogP) is 3.86. The van der Waals surface area contributed by atoms with Crippen LogP contribution in [-0.4, -0.2) is 5.91 Å². The summed E-state index contributed by atoms with van der Waals surface area (Å²) in [5.41, 5.74) is 7.88. The topological polar surface area (TPSA) is 55.1 Å². The molecular formula is C17H26N2O. The standard InChI is InChI=1S/C17H26N2O/c1-12(18)13-7-6-8-14(11-13)19-16(20)15-9-4-5-10-17(15,2)3/h6-8,11-12,15H,4-5,9-10,18H2,1-3H3,(H,19,20). The molecule has 0 bridgehead atoms. The molecule has 0 spiro atoms. The van der Waals surface area contributed by atoms with Gasteiger partial charge in [-0.1, -0.05) is 38.8 Å². The van der Waals surface area contributed by atoms with E-state index >= 15 is 0 Å². The fourth-order valence-corrected chi connectivity index (χ4v) is 3.11. The van der Waals surface area contributed by atoms with Crippen LogP contribution in [-0.2, 0) is 4.79 Å². The van der Waals surface area contributed by atoms with Gasteiger partial charge in [-0.25, -0.2) is 0 Å². The summed E-state index contributed by atoms with van der Waals surface area (Å²) in [7, 11) is 0. The molecule has 0 aromatic heterocycles. The van der Waals surface area contributed by atoms with Gasteiger partial charge in [0.1, 0.15) is 0 Å². The highest BCUT2D eigenvalue weighted by Gasteiger charge is 2.37. The van der Waals surface area contributed by atoms with Gasteiger partial charge in [-0.05, 0) is 42.9 Å². The van der Waals surface area contributed by atoms with Crippen molar-refractivity contribution in [2.45, 2.75) is 52.5 Å². The van der Waals surface area contributed by atoms with Gasteiger partial charge in [0.2, 0.25) is 5.91 Å². The molecule has 1 fully saturated rings. The van der Waals surface area contributed by atoms with Crippen molar-refractivity contribution in [2.24, 2.45) is 17.1 Å². The fraction of sp³-hybridized carbons (Fsp3) is 0.588. The van der Waals surface area contributed by atoms with Gasteiger partial charge in [0.25, 0.3) is 0 Å². The van der Waals surface area contributed by atoms with Gasteiger partial charge >= 0.3 is 0 Å². The average molecular weight is 274 g/mol. The number of benzene rings is 1. The van der Waals surface area contributed by atoms with E-state index in [-0.39, 0.29) is 23.3 Å². The van der Waals surface area contributed by atoms with Crippen LogP contribution >= 0.6 is 0 Å². The van der Waals surface area contributed by atoms with Crippen LogP contribution in [0.3, 0.4) is 0 Å². The molecule has 1 saturated carbocycles. The lowest BCUT2D eigenvalue weighted by molar-refractivity contribution is -0.124. The van der Waals surface area contributed by atoms with Gasteiger partial charge in [0.05, 0.1) is 0 Å². The van der Waals surface area contributed by atoms with E-state index in [1.165, 1.54) is 6.42 Å². The van der Waals surface area contributed by atoms with Crippen LogP contribution in [0.15, 0.2) is 24.3 Å². The highest BCUT2D eigenvalue weighted by molar-refractivity contribution is 5.93. The summed E-state index contributed by atoms with van der Waals surface area (Å²) in [6.45, 7) is 6.36. The summed E-state index contributed by atoms with van der Waals surface area (Å²) in [6, 6.07) is 7.82. The van der Waals surface area contributed by atoms with Crippen LogP contribution in [0.1, 0.15) is 58.1 Å². The van der Waals surface area contributed by atoms with Crippen LogP contribution in [0.4, 0.5) is 5.69 Å². The van der Waals surface area contributed by atoms with Crippen LogP contribution < -0.4 is 11.1 Å². The molecule has 3 heteroatoms. The lowest BCUT2D eigenvalue weighted by Crippen LogP contribution is -2.37. The van der Waals surface area contributed by atoms with E-state index < -0.39 is 0 Å². The number of anilines is 1. The third-order valence-corrected chi connectivity index (χ3v) is 4.50. The smallest absolute Gasteiger partial charge is 0.228 e. The van der Waals surface area contributed by atoms with Crippen molar-refractivity contribution in [1.82, 2.24) is 0 Å². The van der Waals surface area contributed by atoms with Gasteiger partial charge in [0, 0.05) is 17.6 Å². The second kappa shape index (κ2) is 5.96. The zero-order chi connectivity index (χ0) is 14.8. The van der Waals surface area contributed by atoms with Crippen molar-refractivity contribution in [3.8, 4) is 0 Å². The predicted molar refractivity (Wildman–Crippen MR) is 83.4 cm³/mol. The zero-order valence-corrected chi connectivity index (χ0v) is 12.8. The van der Waals surface area contributed by atoms with Crippen molar-refractivity contribution in [3.63, 3.8) is 0 Å². The van der Waals surface area contributed by atoms with E-state index in [4.69, 9.17) is 5.73 Å². The summed E-state index contributed by atoms with van der Waals surface area (Å²) in [6.07, 6.45) is 4.51.